The van der Waals surface area contributed by atoms with Gasteiger partial charge in [0.25, 0.3) is 5.91 Å². The van der Waals surface area contributed by atoms with Gasteiger partial charge in [0, 0.05) is 40.2 Å². The average molecular weight is 490 g/mol. The summed E-state index contributed by atoms with van der Waals surface area (Å²) in [6.45, 7) is 11.9. The Hall–Kier alpha value is -2.13. The molecule has 1 amide bonds. The lowest BCUT2D eigenvalue weighted by atomic mass is 9.65. The largest absolute Gasteiger partial charge is 0.335 e. The minimum atomic E-state index is -3.72. The Bertz CT molecular complexity index is 1230. The number of aryl methyl sites for hydroxylation is 1. The molecule has 1 aliphatic carbocycles. The van der Waals surface area contributed by atoms with Crippen LogP contribution in [0.2, 0.25) is 0 Å². The van der Waals surface area contributed by atoms with Crippen molar-refractivity contribution < 1.29 is 13.2 Å². The summed E-state index contributed by atoms with van der Waals surface area (Å²) in [5.41, 5.74) is 2.57. The molecule has 1 aromatic carbocycles. The van der Waals surface area contributed by atoms with Crippen LogP contribution in [0.15, 0.2) is 12.1 Å². The molecule has 4 rings (SSSR count). The summed E-state index contributed by atoms with van der Waals surface area (Å²) in [6.07, 6.45) is 3.87. The topological polar surface area (TPSA) is 87.5 Å². The Labute approximate surface area is 203 Å². The number of hydrogen-bond acceptors (Lipinski definition) is 4. The highest BCUT2D eigenvalue weighted by atomic mass is 32.2. The van der Waals surface area contributed by atoms with E-state index < -0.39 is 10.2 Å². The number of carbonyl (C=O) groups is 1. The Balaban J connectivity index is 1.83. The summed E-state index contributed by atoms with van der Waals surface area (Å²) >= 11 is 0. The maximum atomic E-state index is 14.1. The van der Waals surface area contributed by atoms with Gasteiger partial charge < -0.3 is 9.47 Å². The summed E-state index contributed by atoms with van der Waals surface area (Å²) in [5.74, 6) is 1.25. The third-order valence-corrected chi connectivity index (χ3v) is 8.74. The number of imidazole rings is 1. The van der Waals surface area contributed by atoms with Gasteiger partial charge in [-0.3, -0.25) is 9.52 Å². The number of benzene rings is 1. The van der Waals surface area contributed by atoms with Crippen molar-refractivity contribution in [2.45, 2.75) is 66.3 Å². The number of nitrogens with zero attached hydrogens (tertiary/aromatic N) is 4. The van der Waals surface area contributed by atoms with Gasteiger partial charge in [-0.15, -0.1) is 0 Å². The minimum absolute atomic E-state index is 0.0403. The highest BCUT2D eigenvalue weighted by Gasteiger charge is 2.51. The van der Waals surface area contributed by atoms with Crippen LogP contribution in [0.3, 0.4) is 0 Å². The third-order valence-electron chi connectivity index (χ3n) is 7.29. The van der Waals surface area contributed by atoms with Gasteiger partial charge in [-0.1, -0.05) is 34.6 Å². The number of aromatic nitrogens is 2. The lowest BCUT2D eigenvalue weighted by Gasteiger charge is -2.39. The fourth-order valence-corrected chi connectivity index (χ4v) is 6.86. The van der Waals surface area contributed by atoms with E-state index in [4.69, 9.17) is 4.98 Å². The summed E-state index contributed by atoms with van der Waals surface area (Å²) in [5, 5.41) is 0. The van der Waals surface area contributed by atoms with Crippen molar-refractivity contribution in [1.82, 2.24) is 18.8 Å². The quantitative estimate of drug-likeness (QED) is 0.664. The summed E-state index contributed by atoms with van der Waals surface area (Å²) in [4.78, 5) is 20.9. The molecule has 2 heterocycles. The van der Waals surface area contributed by atoms with Crippen LogP contribution in [-0.4, -0.2) is 59.8 Å². The van der Waals surface area contributed by atoms with E-state index >= 15 is 0 Å². The van der Waals surface area contributed by atoms with E-state index in [1.165, 1.54) is 14.1 Å². The van der Waals surface area contributed by atoms with E-state index in [2.05, 4.69) is 39.3 Å². The molecule has 2 aromatic rings. The van der Waals surface area contributed by atoms with Crippen LogP contribution in [0.25, 0.3) is 11.0 Å². The molecule has 1 saturated carbocycles. The molecule has 8 nitrogen and oxygen atoms in total. The van der Waals surface area contributed by atoms with E-state index in [1.54, 1.807) is 12.1 Å². The Morgan fingerprint density at radius 2 is 1.91 bits per heavy atom. The fourth-order valence-electron chi connectivity index (χ4n) is 6.26. The zero-order valence-corrected chi connectivity index (χ0v) is 22.6. The minimum Gasteiger partial charge on any atom is -0.335 e. The van der Waals surface area contributed by atoms with Gasteiger partial charge in [-0.2, -0.15) is 12.7 Å². The summed E-state index contributed by atoms with van der Waals surface area (Å²) in [6, 6.07) is 3.60. The standard InChI is InChI=1S/C25H39N5O3S/c1-16(2)9-21-26-20-11-17(27-34(32,33)28(6)7)10-19(22(20)29(21)8)23(31)30-15-25(5)13-18(30)12-24(3,4)14-25/h10-11,16,18,27H,9,12-15H2,1-8H3/t18-,25+/m0/s1. The predicted octanol–water partition coefficient (Wildman–Crippen LogP) is 4.03. The van der Waals surface area contributed by atoms with Crippen molar-refractivity contribution in [2.75, 3.05) is 25.4 Å². The second-order valence-corrected chi connectivity index (χ2v) is 14.0. The first-order valence-corrected chi connectivity index (χ1v) is 13.6. The van der Waals surface area contributed by atoms with Crippen LogP contribution in [0.5, 0.6) is 0 Å². The smallest absolute Gasteiger partial charge is 0.301 e. The molecule has 188 valence electrons. The zero-order chi connectivity index (χ0) is 25.2. The molecule has 2 aliphatic rings. The number of amides is 1. The monoisotopic (exact) mass is 489 g/mol. The van der Waals surface area contributed by atoms with Crippen LogP contribution in [-0.2, 0) is 23.7 Å². The van der Waals surface area contributed by atoms with Gasteiger partial charge in [-0.25, -0.2) is 4.98 Å². The lowest BCUT2D eigenvalue weighted by Crippen LogP contribution is -2.38. The summed E-state index contributed by atoms with van der Waals surface area (Å²) in [7, 11) is 1.17. The van der Waals surface area contributed by atoms with E-state index in [0.29, 0.717) is 22.7 Å². The third kappa shape index (κ3) is 4.56. The van der Waals surface area contributed by atoms with E-state index in [-0.39, 0.29) is 22.8 Å². The van der Waals surface area contributed by atoms with Crippen LogP contribution < -0.4 is 4.72 Å². The molecule has 0 radical (unpaired) electrons. The number of fused-ring (bicyclic) bond motifs is 3. The number of nitrogens with one attached hydrogen (secondary N) is 1. The normalized spacial score (nSPS) is 24.4. The molecule has 1 N–H and O–H groups in total. The second-order valence-electron chi connectivity index (χ2n) is 12.1. The molecule has 2 bridgehead atoms. The Kier molecular flexibility index (Phi) is 6.04. The van der Waals surface area contributed by atoms with Crippen LogP contribution in [0, 0.1) is 16.7 Å². The van der Waals surface area contributed by atoms with Crippen molar-refractivity contribution in [3.63, 3.8) is 0 Å². The number of carbonyl (C=O) groups excluding carboxylic acids is 1. The van der Waals surface area contributed by atoms with Gasteiger partial charge in [0.05, 0.1) is 22.3 Å². The van der Waals surface area contributed by atoms with Crippen molar-refractivity contribution in [3.8, 4) is 0 Å². The molecule has 0 unspecified atom stereocenters. The molecule has 2 atom stereocenters. The average Bonchev–Trinajstić information content (AvgIpc) is 3.11. The molecule has 0 spiro atoms. The number of rotatable bonds is 6. The van der Waals surface area contributed by atoms with Gasteiger partial charge in [0.2, 0.25) is 0 Å². The molecular formula is C25H39N5O3S. The molecular weight excluding hydrogens is 450 g/mol. The van der Waals surface area contributed by atoms with Gasteiger partial charge in [0.15, 0.2) is 0 Å². The fraction of sp³-hybridized carbons (Fsp3) is 0.680. The Morgan fingerprint density at radius 1 is 1.24 bits per heavy atom. The summed E-state index contributed by atoms with van der Waals surface area (Å²) < 4.78 is 30.8. The molecule has 34 heavy (non-hydrogen) atoms. The van der Waals surface area contributed by atoms with E-state index in [0.717, 1.165) is 47.9 Å². The van der Waals surface area contributed by atoms with Crippen molar-refractivity contribution in [3.05, 3.63) is 23.5 Å². The van der Waals surface area contributed by atoms with Crippen LogP contribution >= 0.6 is 0 Å². The van der Waals surface area contributed by atoms with Crippen molar-refractivity contribution in [2.24, 2.45) is 23.8 Å². The SMILES string of the molecule is CC(C)Cc1nc2cc(NS(=O)(=O)N(C)C)cc(C(=O)N3C[C@]4(C)C[C@@H]3CC(C)(C)C4)c2n1C. The predicted molar refractivity (Wildman–Crippen MR) is 136 cm³/mol. The number of hydrogen-bond donors (Lipinski definition) is 1. The zero-order valence-electron chi connectivity index (χ0n) is 21.8. The van der Waals surface area contributed by atoms with Gasteiger partial charge >= 0.3 is 10.2 Å². The molecule has 1 aliphatic heterocycles. The number of anilines is 1. The van der Waals surface area contributed by atoms with Crippen LogP contribution in [0.1, 0.15) is 70.1 Å². The first-order valence-electron chi connectivity index (χ1n) is 12.1. The number of likely N-dealkylation sites (tertiary alicyclic amines) is 1. The van der Waals surface area contributed by atoms with E-state index in [9.17, 15) is 13.2 Å². The highest BCUT2D eigenvalue weighted by molar-refractivity contribution is 7.90. The second kappa shape index (κ2) is 8.22. The van der Waals surface area contributed by atoms with E-state index in [1.807, 2.05) is 16.5 Å². The van der Waals surface area contributed by atoms with Crippen molar-refractivity contribution >= 4 is 32.8 Å². The van der Waals surface area contributed by atoms with Crippen LogP contribution in [0.4, 0.5) is 5.69 Å². The molecule has 2 fully saturated rings. The maximum Gasteiger partial charge on any atom is 0.301 e. The highest BCUT2D eigenvalue weighted by Crippen LogP contribution is 2.52. The molecule has 1 saturated heterocycles. The maximum absolute atomic E-state index is 14.1. The molecule has 9 heteroatoms. The first kappa shape index (κ1) is 25.0. The lowest BCUT2D eigenvalue weighted by molar-refractivity contribution is 0.0710. The van der Waals surface area contributed by atoms with Gasteiger partial charge in [0.1, 0.15) is 5.82 Å². The van der Waals surface area contributed by atoms with Gasteiger partial charge in [-0.05, 0) is 48.1 Å². The first-order chi connectivity index (χ1) is 15.6. The molecule has 1 aromatic heterocycles. The van der Waals surface area contributed by atoms with Crippen molar-refractivity contribution in [1.29, 1.82) is 0 Å². The Morgan fingerprint density at radius 3 is 2.53 bits per heavy atom.